The van der Waals surface area contributed by atoms with Crippen LogP contribution in [0.15, 0.2) is 11.1 Å². The van der Waals surface area contributed by atoms with Crippen molar-refractivity contribution < 1.29 is 9.53 Å². The van der Waals surface area contributed by atoms with E-state index >= 15 is 0 Å². The van der Waals surface area contributed by atoms with Gasteiger partial charge in [0.1, 0.15) is 5.39 Å². The molecule has 7 nitrogen and oxygen atoms in total. The Balaban J connectivity index is 2.87. The van der Waals surface area contributed by atoms with Crippen LogP contribution in [-0.2, 0) is 11.8 Å². The standard InChI is InChI=1S/C8H8N4O3/c1-12-6-4(7(13)10-3-9-6)5(11-12)8(14)15-2/h3H,1-2H3,(H,9,10,13). The number of aryl methyl sites for hydroxylation is 1. The van der Waals surface area contributed by atoms with Gasteiger partial charge in [0.05, 0.1) is 13.4 Å². The van der Waals surface area contributed by atoms with Gasteiger partial charge in [0.25, 0.3) is 5.56 Å². The Bertz CT molecular complexity index is 583. The highest BCUT2D eigenvalue weighted by Gasteiger charge is 2.19. The first-order valence-electron chi connectivity index (χ1n) is 4.14. The van der Waals surface area contributed by atoms with Crippen molar-refractivity contribution in [3.8, 4) is 0 Å². The van der Waals surface area contributed by atoms with Crippen molar-refractivity contribution in [1.29, 1.82) is 0 Å². The maximum Gasteiger partial charge on any atom is 0.359 e. The first-order valence-corrected chi connectivity index (χ1v) is 4.14. The maximum absolute atomic E-state index is 11.5. The van der Waals surface area contributed by atoms with Crippen molar-refractivity contribution in [1.82, 2.24) is 19.7 Å². The molecule has 0 amide bonds. The van der Waals surface area contributed by atoms with Crippen molar-refractivity contribution in [2.45, 2.75) is 0 Å². The van der Waals surface area contributed by atoms with Gasteiger partial charge in [-0.05, 0) is 0 Å². The fraction of sp³-hybridized carbons (Fsp3) is 0.250. The Morgan fingerprint density at radius 3 is 3.00 bits per heavy atom. The van der Waals surface area contributed by atoms with Gasteiger partial charge >= 0.3 is 5.97 Å². The Hall–Kier alpha value is -2.18. The number of carbonyl (C=O) groups excluding carboxylic acids is 1. The molecule has 2 rings (SSSR count). The van der Waals surface area contributed by atoms with E-state index in [0.29, 0.717) is 5.65 Å². The predicted molar refractivity (Wildman–Crippen MR) is 50.5 cm³/mol. The average molecular weight is 208 g/mol. The van der Waals surface area contributed by atoms with Gasteiger partial charge in [-0.3, -0.25) is 4.79 Å². The summed E-state index contributed by atoms with van der Waals surface area (Å²) in [7, 11) is 2.83. The number of H-pyrrole nitrogens is 1. The lowest BCUT2D eigenvalue weighted by molar-refractivity contribution is 0.0595. The average Bonchev–Trinajstić information content (AvgIpc) is 2.57. The molecule has 78 valence electrons. The van der Waals surface area contributed by atoms with Crippen molar-refractivity contribution >= 4 is 17.0 Å². The zero-order valence-electron chi connectivity index (χ0n) is 8.14. The third kappa shape index (κ3) is 1.28. The SMILES string of the molecule is COC(=O)c1nn(C)c2nc[nH]c(=O)c12. The highest BCUT2D eigenvalue weighted by molar-refractivity contribution is 6.00. The van der Waals surface area contributed by atoms with Crippen molar-refractivity contribution in [3.63, 3.8) is 0 Å². The van der Waals surface area contributed by atoms with Gasteiger partial charge in [0.2, 0.25) is 0 Å². The molecular formula is C8H8N4O3. The van der Waals surface area contributed by atoms with E-state index in [2.05, 4.69) is 19.8 Å². The minimum absolute atomic E-state index is 0.0237. The Morgan fingerprint density at radius 2 is 2.33 bits per heavy atom. The van der Waals surface area contributed by atoms with Crippen LogP contribution in [0.1, 0.15) is 10.5 Å². The van der Waals surface area contributed by atoms with Gasteiger partial charge in [-0.1, -0.05) is 0 Å². The molecule has 0 aliphatic heterocycles. The molecule has 0 unspecified atom stereocenters. The van der Waals surface area contributed by atoms with Crippen LogP contribution < -0.4 is 5.56 Å². The van der Waals surface area contributed by atoms with Gasteiger partial charge in [0, 0.05) is 7.05 Å². The second-order valence-electron chi connectivity index (χ2n) is 2.89. The lowest BCUT2D eigenvalue weighted by Crippen LogP contribution is -2.10. The Labute approximate surface area is 83.7 Å². The third-order valence-corrected chi connectivity index (χ3v) is 2.01. The summed E-state index contributed by atoms with van der Waals surface area (Å²) in [6, 6.07) is 0. The van der Waals surface area contributed by atoms with E-state index < -0.39 is 11.5 Å². The van der Waals surface area contributed by atoms with E-state index in [1.165, 1.54) is 18.1 Å². The van der Waals surface area contributed by atoms with Crippen LogP contribution in [0.4, 0.5) is 0 Å². The highest BCUT2D eigenvalue weighted by Crippen LogP contribution is 2.10. The summed E-state index contributed by atoms with van der Waals surface area (Å²) in [4.78, 5) is 29.1. The van der Waals surface area contributed by atoms with Crippen LogP contribution in [0.3, 0.4) is 0 Å². The number of nitrogens with zero attached hydrogens (tertiary/aromatic N) is 3. The zero-order valence-corrected chi connectivity index (χ0v) is 8.14. The van der Waals surface area contributed by atoms with Gasteiger partial charge in [0.15, 0.2) is 11.3 Å². The topological polar surface area (TPSA) is 89.9 Å². The summed E-state index contributed by atoms with van der Waals surface area (Å²) in [5.74, 6) is -0.654. The highest BCUT2D eigenvalue weighted by atomic mass is 16.5. The molecule has 0 saturated carbocycles. The number of aromatic amines is 1. The number of aromatic nitrogens is 4. The summed E-state index contributed by atoms with van der Waals surface area (Å²) in [6.45, 7) is 0. The molecule has 2 heterocycles. The molecule has 0 fully saturated rings. The molecule has 0 radical (unpaired) electrons. The largest absolute Gasteiger partial charge is 0.464 e. The third-order valence-electron chi connectivity index (χ3n) is 2.01. The number of fused-ring (bicyclic) bond motifs is 1. The van der Waals surface area contributed by atoms with Gasteiger partial charge in [-0.25, -0.2) is 14.5 Å². The maximum atomic E-state index is 11.5. The molecule has 0 aromatic carbocycles. The molecule has 0 aliphatic carbocycles. The molecule has 1 N–H and O–H groups in total. The summed E-state index contributed by atoms with van der Waals surface area (Å²) < 4.78 is 5.88. The van der Waals surface area contributed by atoms with Gasteiger partial charge in [-0.2, -0.15) is 5.10 Å². The molecule has 0 bridgehead atoms. The smallest absolute Gasteiger partial charge is 0.359 e. The molecular weight excluding hydrogens is 200 g/mol. The van der Waals surface area contributed by atoms with E-state index in [4.69, 9.17) is 0 Å². The van der Waals surface area contributed by atoms with E-state index in [1.54, 1.807) is 7.05 Å². The van der Waals surface area contributed by atoms with Crippen molar-refractivity contribution in [2.24, 2.45) is 7.05 Å². The van der Waals surface area contributed by atoms with Crippen LogP contribution in [0.5, 0.6) is 0 Å². The van der Waals surface area contributed by atoms with Gasteiger partial charge < -0.3 is 9.72 Å². The molecule has 0 saturated heterocycles. The second-order valence-corrected chi connectivity index (χ2v) is 2.89. The summed E-state index contributed by atoms with van der Waals surface area (Å²) in [5.41, 5.74) is -0.0861. The number of hydrogen-bond donors (Lipinski definition) is 1. The van der Waals surface area contributed by atoms with Crippen molar-refractivity contribution in [2.75, 3.05) is 7.11 Å². The number of ether oxygens (including phenoxy) is 1. The molecule has 0 spiro atoms. The number of esters is 1. The molecule has 2 aromatic rings. The predicted octanol–water partition coefficient (Wildman–Crippen LogP) is -0.557. The van der Waals surface area contributed by atoms with E-state index in [1.807, 2.05) is 0 Å². The number of hydrogen-bond acceptors (Lipinski definition) is 5. The lowest BCUT2D eigenvalue weighted by Gasteiger charge is -1.92. The Morgan fingerprint density at radius 1 is 1.60 bits per heavy atom. The normalized spacial score (nSPS) is 10.5. The number of rotatable bonds is 1. The Kier molecular flexibility index (Phi) is 2.00. The fourth-order valence-corrected chi connectivity index (χ4v) is 1.34. The van der Waals surface area contributed by atoms with Crippen LogP contribution >= 0.6 is 0 Å². The first kappa shape index (κ1) is 9.38. The van der Waals surface area contributed by atoms with Crippen molar-refractivity contribution in [3.05, 3.63) is 22.4 Å². The quantitative estimate of drug-likeness (QED) is 0.634. The minimum atomic E-state index is -0.654. The summed E-state index contributed by atoms with van der Waals surface area (Å²) >= 11 is 0. The monoisotopic (exact) mass is 208 g/mol. The summed E-state index contributed by atoms with van der Waals surface area (Å²) in [6.07, 6.45) is 1.26. The van der Waals surface area contributed by atoms with Crippen LogP contribution in [-0.4, -0.2) is 32.8 Å². The molecule has 2 aromatic heterocycles. The van der Waals surface area contributed by atoms with Crippen LogP contribution in [0.25, 0.3) is 11.0 Å². The minimum Gasteiger partial charge on any atom is -0.464 e. The number of methoxy groups -OCH3 is 1. The molecule has 7 heteroatoms. The summed E-state index contributed by atoms with van der Waals surface area (Å²) in [5, 5.41) is 4.03. The molecule has 15 heavy (non-hydrogen) atoms. The van der Waals surface area contributed by atoms with E-state index in [0.717, 1.165) is 0 Å². The molecule has 0 aliphatic rings. The van der Waals surface area contributed by atoms with Crippen LogP contribution in [0.2, 0.25) is 0 Å². The van der Waals surface area contributed by atoms with Crippen LogP contribution in [0, 0.1) is 0 Å². The van der Waals surface area contributed by atoms with E-state index in [9.17, 15) is 9.59 Å². The number of carbonyl (C=O) groups is 1. The number of nitrogens with one attached hydrogen (secondary N) is 1. The zero-order chi connectivity index (χ0) is 11.0. The first-order chi connectivity index (χ1) is 7.15. The lowest BCUT2D eigenvalue weighted by atomic mass is 10.3. The van der Waals surface area contributed by atoms with Gasteiger partial charge in [-0.15, -0.1) is 0 Å². The van der Waals surface area contributed by atoms with E-state index in [-0.39, 0.29) is 11.1 Å². The second kappa shape index (κ2) is 3.19. The fourth-order valence-electron chi connectivity index (χ4n) is 1.34. The molecule has 0 atom stereocenters.